The van der Waals surface area contributed by atoms with Crippen LogP contribution in [0.1, 0.15) is 46.5 Å². The zero-order valence-electron chi connectivity index (χ0n) is 20.9. The third kappa shape index (κ3) is 17.5. The summed E-state index contributed by atoms with van der Waals surface area (Å²) in [7, 11) is -2.57. The lowest BCUT2D eigenvalue weighted by Gasteiger charge is -2.20. The Bertz CT molecular complexity index is 672. The minimum Gasteiger partial charge on any atom is -0.465 e. The summed E-state index contributed by atoms with van der Waals surface area (Å²) in [6.07, 6.45) is 0.0770. The highest BCUT2D eigenvalue weighted by atomic mass is 31.2. The summed E-state index contributed by atoms with van der Waals surface area (Å²) in [4.78, 5) is 35.2. The average molecular weight is 528 g/mol. The topological polar surface area (TPSA) is 175 Å². The lowest BCUT2D eigenvalue weighted by Crippen LogP contribution is -2.38. The largest absolute Gasteiger partial charge is 0.508 e. The van der Waals surface area contributed by atoms with Gasteiger partial charge < -0.3 is 34.3 Å². The maximum Gasteiger partial charge on any atom is 0.508 e. The Morgan fingerprint density at radius 1 is 0.743 bits per heavy atom. The maximum atomic E-state index is 13.1. The number of nitrogens with zero attached hydrogens (tertiary/aromatic N) is 2. The predicted octanol–water partition coefficient (Wildman–Crippen LogP) is 2.84. The third-order valence-electron chi connectivity index (χ3n) is 3.84. The van der Waals surface area contributed by atoms with E-state index >= 15 is 0 Å². The summed E-state index contributed by atoms with van der Waals surface area (Å²) < 4.78 is 51.6. The molecule has 0 aliphatic carbocycles. The van der Waals surface area contributed by atoms with Crippen molar-refractivity contribution >= 4 is 32.0 Å². The van der Waals surface area contributed by atoms with Crippen LogP contribution >= 0.6 is 7.75 Å². The molecule has 0 amide bonds. The Kier molecular flexibility index (Phi) is 18.3. The Balaban J connectivity index is 4.79. The molecule has 0 rings (SSSR count). The molecular weight excluding hydrogens is 489 g/mol. The maximum absolute atomic E-state index is 13.1. The molecule has 0 heterocycles. The first kappa shape index (κ1) is 32.4. The molecule has 15 heteroatoms. The van der Waals surface area contributed by atoms with Gasteiger partial charge in [-0.2, -0.15) is 0 Å². The summed E-state index contributed by atoms with van der Waals surface area (Å²) >= 11 is 0. The van der Waals surface area contributed by atoms with Crippen molar-refractivity contribution in [1.29, 1.82) is 0 Å². The van der Waals surface area contributed by atoms with Gasteiger partial charge in [0.2, 0.25) is 5.96 Å². The van der Waals surface area contributed by atoms with Gasteiger partial charge in [0.15, 0.2) is 0 Å². The number of guanidine groups is 1. The van der Waals surface area contributed by atoms with Crippen LogP contribution in [0.3, 0.4) is 0 Å². The van der Waals surface area contributed by atoms with Crippen molar-refractivity contribution in [1.82, 2.24) is 4.90 Å². The number of hydrogen-bond acceptors (Lipinski definition) is 11. The Morgan fingerprint density at radius 3 is 1.60 bits per heavy atom. The molecule has 0 atom stereocenters. The highest BCUT2D eigenvalue weighted by molar-refractivity contribution is 7.52. The van der Waals surface area contributed by atoms with E-state index < -0.39 is 26.0 Å². The van der Waals surface area contributed by atoms with E-state index in [-0.39, 0.29) is 58.8 Å². The van der Waals surface area contributed by atoms with Gasteiger partial charge in [0.05, 0.1) is 46.2 Å². The molecule has 0 fully saturated rings. The van der Waals surface area contributed by atoms with Crippen molar-refractivity contribution in [2.75, 3.05) is 59.8 Å². The molecule has 0 unspecified atom stereocenters. The van der Waals surface area contributed by atoms with E-state index in [4.69, 9.17) is 29.0 Å². The molecule has 0 aromatic carbocycles. The van der Waals surface area contributed by atoms with Gasteiger partial charge in [0.25, 0.3) is 0 Å². The lowest BCUT2D eigenvalue weighted by molar-refractivity contribution is -0.143. The average Bonchev–Trinajstić information content (AvgIpc) is 2.79. The number of rotatable bonds is 18. The van der Waals surface area contributed by atoms with Gasteiger partial charge >= 0.3 is 26.0 Å². The Morgan fingerprint density at radius 2 is 1.17 bits per heavy atom. The first-order chi connectivity index (χ1) is 16.7. The van der Waals surface area contributed by atoms with Crippen molar-refractivity contribution in [2.45, 2.75) is 46.5 Å². The molecule has 2 N–H and O–H groups in total. The van der Waals surface area contributed by atoms with Gasteiger partial charge in [-0.3, -0.25) is 13.8 Å². The van der Waals surface area contributed by atoms with E-state index in [1.165, 1.54) is 11.9 Å². The molecule has 0 saturated carbocycles. The summed E-state index contributed by atoms with van der Waals surface area (Å²) in [5.41, 5.74) is 5.87. The molecule has 0 radical (unpaired) electrons. The van der Waals surface area contributed by atoms with Gasteiger partial charge in [0, 0.05) is 7.05 Å². The number of esters is 1. The van der Waals surface area contributed by atoms with Crippen LogP contribution in [-0.4, -0.2) is 89.0 Å². The molecule has 0 saturated heterocycles. The highest BCUT2D eigenvalue weighted by Crippen LogP contribution is 2.50. The van der Waals surface area contributed by atoms with Crippen molar-refractivity contribution < 1.29 is 51.7 Å². The first-order valence-electron chi connectivity index (χ1n) is 11.4. The fraction of sp³-hybridized carbons (Fsp3) is 0.800. The minimum absolute atomic E-state index is 0.0200. The highest BCUT2D eigenvalue weighted by Gasteiger charge is 2.26. The molecule has 35 heavy (non-hydrogen) atoms. The van der Waals surface area contributed by atoms with Gasteiger partial charge in [-0.05, 0) is 46.5 Å². The molecule has 204 valence electrons. The zero-order chi connectivity index (χ0) is 26.5. The monoisotopic (exact) mass is 527 g/mol. The summed E-state index contributed by atoms with van der Waals surface area (Å²) in [6.45, 7) is 5.56. The van der Waals surface area contributed by atoms with E-state index in [1.807, 2.05) is 0 Å². The first-order valence-corrected chi connectivity index (χ1v) is 12.9. The second kappa shape index (κ2) is 19.7. The van der Waals surface area contributed by atoms with Crippen LogP contribution < -0.4 is 5.73 Å². The summed E-state index contributed by atoms with van der Waals surface area (Å²) in [6, 6.07) is 0. The minimum atomic E-state index is -4.04. The second-order valence-corrected chi connectivity index (χ2v) is 8.38. The van der Waals surface area contributed by atoms with Gasteiger partial charge in [-0.25, -0.2) is 14.2 Å². The van der Waals surface area contributed by atoms with Crippen molar-refractivity contribution in [3.63, 3.8) is 0 Å². The SMILES string of the molecule is CCOC(=O)CN(C)/C(N)=N/P(=O)(OCCCCOC(=O)OCC)OCCCCOC(=O)OCC. The number of nitrogens with two attached hydrogens (primary N) is 1. The standard InChI is InChI=1S/C20H38N3O11P/c1-5-28-17(24)16-23(4)18(21)22-35(27,33-14-10-8-12-31-19(25)29-6-2)34-15-11-9-13-32-20(26)30-7-3/h5-16H2,1-4H3,(H2,21,22,27). The molecule has 0 bridgehead atoms. The van der Waals surface area contributed by atoms with Gasteiger partial charge in [-0.15, -0.1) is 4.76 Å². The van der Waals surface area contributed by atoms with Crippen molar-refractivity contribution in [3.8, 4) is 0 Å². The summed E-state index contributed by atoms with van der Waals surface area (Å²) in [5.74, 6) is -0.773. The van der Waals surface area contributed by atoms with Gasteiger partial charge in [0.1, 0.15) is 6.54 Å². The molecule has 0 aromatic heterocycles. The van der Waals surface area contributed by atoms with Crippen molar-refractivity contribution in [2.24, 2.45) is 10.5 Å². The fourth-order valence-corrected chi connectivity index (χ4v) is 3.49. The predicted molar refractivity (Wildman–Crippen MR) is 125 cm³/mol. The molecule has 0 aliphatic heterocycles. The van der Waals surface area contributed by atoms with E-state index in [2.05, 4.69) is 14.2 Å². The van der Waals surface area contributed by atoms with Crippen molar-refractivity contribution in [3.05, 3.63) is 0 Å². The van der Waals surface area contributed by atoms with Crippen LogP contribution in [0.2, 0.25) is 0 Å². The molecule has 0 spiro atoms. The molecule has 0 aliphatic rings. The van der Waals surface area contributed by atoms with Crippen LogP contribution in [0.15, 0.2) is 4.76 Å². The van der Waals surface area contributed by atoms with E-state index in [1.54, 1.807) is 20.8 Å². The number of hydrogen-bond donors (Lipinski definition) is 1. The van der Waals surface area contributed by atoms with E-state index in [9.17, 15) is 18.9 Å². The number of unbranched alkanes of at least 4 members (excludes halogenated alkanes) is 2. The number of carbonyl (C=O) groups is 3. The number of carbonyl (C=O) groups excluding carboxylic acids is 3. The van der Waals surface area contributed by atoms with Crippen LogP contribution in [0.4, 0.5) is 9.59 Å². The number of likely N-dealkylation sites (N-methyl/N-ethyl adjacent to an activating group) is 1. The Hall–Kier alpha value is -2.57. The van der Waals surface area contributed by atoms with E-state index in [0.717, 1.165) is 0 Å². The normalized spacial score (nSPS) is 11.5. The Labute approximate surface area is 205 Å². The smallest absolute Gasteiger partial charge is 0.465 e. The quantitative estimate of drug-likeness (QED) is 0.0688. The van der Waals surface area contributed by atoms with Crippen LogP contribution in [0.5, 0.6) is 0 Å². The number of ether oxygens (including phenoxy) is 5. The fourth-order valence-electron chi connectivity index (χ4n) is 2.18. The van der Waals surface area contributed by atoms with Crippen LogP contribution in [-0.2, 0) is 42.1 Å². The second-order valence-electron chi connectivity index (χ2n) is 6.73. The lowest BCUT2D eigenvalue weighted by atomic mass is 10.3. The van der Waals surface area contributed by atoms with E-state index in [0.29, 0.717) is 25.7 Å². The molecular formula is C20H38N3O11P. The van der Waals surface area contributed by atoms with Gasteiger partial charge in [-0.1, -0.05) is 0 Å². The van der Waals surface area contributed by atoms with Crippen LogP contribution in [0.25, 0.3) is 0 Å². The molecule has 14 nitrogen and oxygen atoms in total. The molecule has 0 aromatic rings. The van der Waals surface area contributed by atoms with Crippen LogP contribution in [0, 0.1) is 0 Å². The third-order valence-corrected chi connectivity index (χ3v) is 5.31. The summed E-state index contributed by atoms with van der Waals surface area (Å²) in [5, 5.41) is 0. The zero-order valence-corrected chi connectivity index (χ0v) is 21.8.